The lowest BCUT2D eigenvalue weighted by Crippen LogP contribution is -2.46. The summed E-state index contributed by atoms with van der Waals surface area (Å²) in [6, 6.07) is 1.02. The van der Waals surface area contributed by atoms with Gasteiger partial charge in [-0.3, -0.25) is 4.79 Å². The highest BCUT2D eigenvalue weighted by Gasteiger charge is 2.36. The minimum Gasteiger partial charge on any atom is -0.338 e. The minimum atomic E-state index is 0.317. The minimum absolute atomic E-state index is 0.317. The van der Waals surface area contributed by atoms with E-state index in [2.05, 4.69) is 37.9 Å². The van der Waals surface area contributed by atoms with Gasteiger partial charge >= 0.3 is 0 Å². The van der Waals surface area contributed by atoms with E-state index in [1.54, 1.807) is 0 Å². The Morgan fingerprint density at radius 1 is 1.30 bits per heavy atom. The lowest BCUT2D eigenvalue weighted by Gasteiger charge is -2.31. The number of likely N-dealkylation sites (tertiary alicyclic amines) is 1. The number of carbonyl (C=O) groups excluding carboxylic acids is 1. The lowest BCUT2D eigenvalue weighted by atomic mass is 9.84. The van der Waals surface area contributed by atoms with Crippen LogP contribution >= 0.6 is 0 Å². The molecule has 0 spiro atoms. The van der Waals surface area contributed by atoms with Gasteiger partial charge in [0.05, 0.1) is 0 Å². The number of rotatable bonds is 4. The molecule has 0 aromatic heterocycles. The summed E-state index contributed by atoms with van der Waals surface area (Å²) in [7, 11) is 0. The summed E-state index contributed by atoms with van der Waals surface area (Å²) in [4.78, 5) is 14.8. The van der Waals surface area contributed by atoms with Crippen molar-refractivity contribution in [1.82, 2.24) is 10.2 Å². The Labute approximate surface area is 124 Å². The third-order valence-corrected chi connectivity index (χ3v) is 4.67. The lowest BCUT2D eigenvalue weighted by molar-refractivity contribution is -0.133. The van der Waals surface area contributed by atoms with Gasteiger partial charge in [-0.05, 0) is 50.0 Å². The molecule has 3 nitrogen and oxygen atoms in total. The molecule has 3 unspecified atom stereocenters. The largest absolute Gasteiger partial charge is 0.338 e. The molecule has 3 atom stereocenters. The van der Waals surface area contributed by atoms with Gasteiger partial charge in [-0.15, -0.1) is 0 Å². The summed E-state index contributed by atoms with van der Waals surface area (Å²) < 4.78 is 0. The first-order chi connectivity index (χ1) is 9.37. The fraction of sp³-hybridized carbons (Fsp3) is 0.941. The van der Waals surface area contributed by atoms with E-state index < -0.39 is 0 Å². The number of nitrogens with zero attached hydrogens (tertiary/aromatic N) is 1. The topological polar surface area (TPSA) is 32.3 Å². The Morgan fingerprint density at radius 2 is 2.05 bits per heavy atom. The highest BCUT2D eigenvalue weighted by atomic mass is 16.2. The monoisotopic (exact) mass is 280 g/mol. The van der Waals surface area contributed by atoms with Gasteiger partial charge in [-0.1, -0.05) is 27.7 Å². The van der Waals surface area contributed by atoms with Crippen molar-refractivity contribution >= 4 is 5.91 Å². The first kappa shape index (κ1) is 15.8. The fourth-order valence-corrected chi connectivity index (χ4v) is 4.09. The molecule has 2 aliphatic rings. The zero-order valence-electron chi connectivity index (χ0n) is 13.7. The standard InChI is InChI=1S/C17H32N2O/c1-13(12-17(2,3)4)11-16(20)19-10-6-8-15(19)14-7-5-9-18-14/h13-15,18H,5-12H2,1-4H3. The molecule has 0 aromatic rings. The van der Waals surface area contributed by atoms with Crippen molar-refractivity contribution in [3.05, 3.63) is 0 Å². The molecule has 1 amide bonds. The Balaban J connectivity index is 1.87. The predicted octanol–water partition coefficient (Wildman–Crippen LogP) is 3.19. The second-order valence-corrected chi connectivity index (χ2v) is 8.07. The number of carbonyl (C=O) groups is 1. The normalized spacial score (nSPS) is 28.9. The number of hydrogen-bond acceptors (Lipinski definition) is 2. The quantitative estimate of drug-likeness (QED) is 0.857. The van der Waals surface area contributed by atoms with Crippen LogP contribution in [-0.2, 0) is 4.79 Å². The summed E-state index contributed by atoms with van der Waals surface area (Å²) in [6.45, 7) is 11.1. The summed E-state index contributed by atoms with van der Waals surface area (Å²) in [5.41, 5.74) is 0.317. The first-order valence-corrected chi connectivity index (χ1v) is 8.40. The Bertz CT molecular complexity index is 328. The Morgan fingerprint density at radius 3 is 2.65 bits per heavy atom. The second-order valence-electron chi connectivity index (χ2n) is 8.07. The molecule has 116 valence electrons. The molecule has 1 N–H and O–H groups in total. The molecular weight excluding hydrogens is 248 g/mol. The SMILES string of the molecule is CC(CC(=O)N1CCCC1C1CCCN1)CC(C)(C)C. The van der Waals surface area contributed by atoms with Crippen molar-refractivity contribution in [2.45, 2.75) is 78.3 Å². The van der Waals surface area contributed by atoms with Gasteiger partial charge < -0.3 is 10.2 Å². The maximum absolute atomic E-state index is 12.6. The van der Waals surface area contributed by atoms with Crippen molar-refractivity contribution < 1.29 is 4.79 Å². The van der Waals surface area contributed by atoms with E-state index >= 15 is 0 Å². The first-order valence-electron chi connectivity index (χ1n) is 8.40. The van der Waals surface area contributed by atoms with E-state index in [9.17, 15) is 4.79 Å². The molecule has 0 aromatic carbocycles. The van der Waals surface area contributed by atoms with Crippen LogP contribution in [0, 0.1) is 11.3 Å². The molecule has 0 radical (unpaired) electrons. The molecule has 2 saturated heterocycles. The summed E-state index contributed by atoms with van der Waals surface area (Å²) in [6.07, 6.45) is 6.73. The molecule has 0 saturated carbocycles. The van der Waals surface area contributed by atoms with Gasteiger partial charge in [0.2, 0.25) is 5.91 Å². The molecular formula is C17H32N2O. The zero-order valence-corrected chi connectivity index (χ0v) is 13.7. The summed E-state index contributed by atoms with van der Waals surface area (Å²) >= 11 is 0. The van der Waals surface area contributed by atoms with E-state index in [4.69, 9.17) is 0 Å². The number of hydrogen-bond donors (Lipinski definition) is 1. The molecule has 2 rings (SSSR count). The van der Waals surface area contributed by atoms with Crippen LogP contribution in [-0.4, -0.2) is 36.0 Å². The van der Waals surface area contributed by atoms with Crippen LogP contribution in [0.15, 0.2) is 0 Å². The van der Waals surface area contributed by atoms with Gasteiger partial charge in [-0.2, -0.15) is 0 Å². The van der Waals surface area contributed by atoms with Crippen LogP contribution in [0.3, 0.4) is 0 Å². The van der Waals surface area contributed by atoms with Crippen LogP contribution in [0.2, 0.25) is 0 Å². The van der Waals surface area contributed by atoms with Crippen LogP contribution in [0.25, 0.3) is 0 Å². The van der Waals surface area contributed by atoms with E-state index in [-0.39, 0.29) is 0 Å². The van der Waals surface area contributed by atoms with Gasteiger partial charge in [0.15, 0.2) is 0 Å². The predicted molar refractivity (Wildman–Crippen MR) is 83.6 cm³/mol. The molecule has 2 fully saturated rings. The van der Waals surface area contributed by atoms with Crippen molar-refractivity contribution in [2.24, 2.45) is 11.3 Å². The van der Waals surface area contributed by atoms with Crippen molar-refractivity contribution in [3.63, 3.8) is 0 Å². The fourth-order valence-electron chi connectivity index (χ4n) is 4.09. The number of nitrogens with one attached hydrogen (secondary N) is 1. The third kappa shape index (κ3) is 4.21. The Kier molecular flexibility index (Phi) is 5.11. The highest BCUT2D eigenvalue weighted by molar-refractivity contribution is 5.77. The van der Waals surface area contributed by atoms with Gasteiger partial charge in [0.1, 0.15) is 0 Å². The van der Waals surface area contributed by atoms with Gasteiger partial charge in [0.25, 0.3) is 0 Å². The average Bonchev–Trinajstić information content (AvgIpc) is 2.97. The van der Waals surface area contributed by atoms with E-state index in [1.165, 1.54) is 25.7 Å². The van der Waals surface area contributed by atoms with Crippen molar-refractivity contribution in [1.29, 1.82) is 0 Å². The molecule has 0 bridgehead atoms. The summed E-state index contributed by atoms with van der Waals surface area (Å²) in [5.74, 6) is 0.873. The average molecular weight is 280 g/mol. The Hall–Kier alpha value is -0.570. The van der Waals surface area contributed by atoms with Crippen molar-refractivity contribution in [3.8, 4) is 0 Å². The van der Waals surface area contributed by atoms with Gasteiger partial charge in [-0.25, -0.2) is 0 Å². The highest BCUT2D eigenvalue weighted by Crippen LogP contribution is 2.29. The maximum Gasteiger partial charge on any atom is 0.223 e. The molecule has 20 heavy (non-hydrogen) atoms. The molecule has 3 heteroatoms. The molecule has 2 aliphatic heterocycles. The van der Waals surface area contributed by atoms with Crippen LogP contribution < -0.4 is 5.32 Å². The number of amides is 1. The zero-order chi connectivity index (χ0) is 14.8. The maximum atomic E-state index is 12.6. The van der Waals surface area contributed by atoms with E-state index in [0.717, 1.165) is 25.9 Å². The smallest absolute Gasteiger partial charge is 0.223 e. The van der Waals surface area contributed by atoms with E-state index in [0.29, 0.717) is 29.3 Å². The van der Waals surface area contributed by atoms with Crippen LogP contribution in [0.5, 0.6) is 0 Å². The van der Waals surface area contributed by atoms with Gasteiger partial charge in [0, 0.05) is 25.0 Å². The summed E-state index contributed by atoms with van der Waals surface area (Å²) in [5, 5.41) is 3.58. The third-order valence-electron chi connectivity index (χ3n) is 4.67. The van der Waals surface area contributed by atoms with E-state index in [1.807, 2.05) is 0 Å². The molecule has 2 heterocycles. The van der Waals surface area contributed by atoms with Crippen LogP contribution in [0.4, 0.5) is 0 Å². The second kappa shape index (κ2) is 6.46. The molecule has 0 aliphatic carbocycles. The van der Waals surface area contributed by atoms with Crippen LogP contribution in [0.1, 0.15) is 66.2 Å². The van der Waals surface area contributed by atoms with Crippen molar-refractivity contribution in [2.75, 3.05) is 13.1 Å².